The average Bonchev–Trinajstić information content (AvgIpc) is 2.69. The Hall–Kier alpha value is -0.970. The minimum atomic E-state index is -0.301. The van der Waals surface area contributed by atoms with Crippen molar-refractivity contribution in [1.82, 2.24) is 10.3 Å². The Bertz CT molecular complexity index is 527. The first-order valence-electron chi connectivity index (χ1n) is 5.15. The highest BCUT2D eigenvalue weighted by Gasteiger charge is 2.19. The van der Waals surface area contributed by atoms with Gasteiger partial charge >= 0.3 is 0 Å². The van der Waals surface area contributed by atoms with Gasteiger partial charge in [-0.3, -0.25) is 0 Å². The summed E-state index contributed by atoms with van der Waals surface area (Å²) in [6, 6.07) is 4.55. The van der Waals surface area contributed by atoms with Crippen LogP contribution in [0.3, 0.4) is 0 Å². The van der Waals surface area contributed by atoms with Crippen molar-refractivity contribution in [2.45, 2.75) is 13.0 Å². The number of rotatable bonds is 3. The van der Waals surface area contributed by atoms with Gasteiger partial charge in [0, 0.05) is 15.5 Å². The third-order valence-electron chi connectivity index (χ3n) is 2.61. The van der Waals surface area contributed by atoms with Gasteiger partial charge in [-0.2, -0.15) is 0 Å². The molecule has 0 fully saturated rings. The number of hydrogen-bond acceptors (Lipinski definition) is 3. The number of aromatic nitrogens is 1. The van der Waals surface area contributed by atoms with E-state index in [4.69, 9.17) is 11.6 Å². The Labute approximate surface area is 108 Å². The van der Waals surface area contributed by atoms with Gasteiger partial charge in [0.05, 0.1) is 17.2 Å². The van der Waals surface area contributed by atoms with Gasteiger partial charge in [0.15, 0.2) is 0 Å². The monoisotopic (exact) mass is 270 g/mol. The van der Waals surface area contributed by atoms with Crippen LogP contribution in [-0.4, -0.2) is 12.0 Å². The summed E-state index contributed by atoms with van der Waals surface area (Å²) in [4.78, 5) is 5.21. The fourth-order valence-electron chi connectivity index (χ4n) is 1.75. The van der Waals surface area contributed by atoms with Crippen molar-refractivity contribution in [2.24, 2.45) is 0 Å². The lowest BCUT2D eigenvalue weighted by Gasteiger charge is -2.16. The summed E-state index contributed by atoms with van der Waals surface area (Å²) in [5, 5.41) is 3.51. The molecule has 0 amide bonds. The molecule has 1 atom stereocenters. The molecule has 1 aromatic heterocycles. The summed E-state index contributed by atoms with van der Waals surface area (Å²) in [6.45, 7) is 1.92. The van der Waals surface area contributed by atoms with E-state index >= 15 is 0 Å². The van der Waals surface area contributed by atoms with Crippen LogP contribution in [0.15, 0.2) is 23.7 Å². The number of thiazole rings is 1. The third kappa shape index (κ3) is 2.49. The van der Waals surface area contributed by atoms with Crippen molar-refractivity contribution in [3.8, 4) is 0 Å². The minimum absolute atomic E-state index is 0.181. The van der Waals surface area contributed by atoms with Crippen molar-refractivity contribution in [1.29, 1.82) is 0 Å². The standard InChI is InChI=1S/C12H12ClFN2S/c1-7-12(17-6-16-7)11(15-2)9-4-3-8(13)5-10(9)14/h3-6,11,15H,1-2H3. The molecule has 2 nitrogen and oxygen atoms in total. The second-order valence-corrected chi connectivity index (χ2v) is 5.01. The largest absolute Gasteiger partial charge is 0.309 e. The van der Waals surface area contributed by atoms with E-state index in [1.165, 1.54) is 17.4 Å². The van der Waals surface area contributed by atoms with Crippen LogP contribution in [-0.2, 0) is 0 Å². The highest BCUT2D eigenvalue weighted by molar-refractivity contribution is 7.09. The number of halogens is 2. The summed E-state index contributed by atoms with van der Waals surface area (Å²) < 4.78 is 13.9. The predicted molar refractivity (Wildman–Crippen MR) is 69.2 cm³/mol. The topological polar surface area (TPSA) is 24.9 Å². The maximum Gasteiger partial charge on any atom is 0.129 e. The molecule has 2 rings (SSSR count). The van der Waals surface area contributed by atoms with Gasteiger partial charge < -0.3 is 5.32 Å². The van der Waals surface area contributed by atoms with Crippen molar-refractivity contribution in [3.63, 3.8) is 0 Å². The normalized spacial score (nSPS) is 12.7. The third-order valence-corrected chi connectivity index (χ3v) is 3.84. The van der Waals surface area contributed by atoms with E-state index in [2.05, 4.69) is 10.3 Å². The van der Waals surface area contributed by atoms with E-state index in [1.807, 2.05) is 6.92 Å². The van der Waals surface area contributed by atoms with Crippen LogP contribution in [0, 0.1) is 12.7 Å². The second kappa shape index (κ2) is 5.12. The number of aryl methyl sites for hydroxylation is 1. The first-order chi connectivity index (χ1) is 8.13. The van der Waals surface area contributed by atoms with Gasteiger partial charge in [-0.1, -0.05) is 17.7 Å². The highest BCUT2D eigenvalue weighted by Crippen LogP contribution is 2.30. The molecule has 0 spiro atoms. The number of nitrogens with zero attached hydrogens (tertiary/aromatic N) is 1. The number of benzene rings is 1. The number of nitrogens with one attached hydrogen (secondary N) is 1. The van der Waals surface area contributed by atoms with E-state index < -0.39 is 0 Å². The zero-order chi connectivity index (χ0) is 12.4. The molecule has 0 aliphatic rings. The zero-order valence-corrected chi connectivity index (χ0v) is 11.1. The molecule has 1 N–H and O–H groups in total. The molecular formula is C12H12ClFN2S. The van der Waals surface area contributed by atoms with Crippen LogP contribution in [0.2, 0.25) is 5.02 Å². The van der Waals surface area contributed by atoms with E-state index in [-0.39, 0.29) is 11.9 Å². The van der Waals surface area contributed by atoms with Crippen LogP contribution in [0.4, 0.5) is 4.39 Å². The SMILES string of the molecule is CNC(c1ccc(Cl)cc1F)c1scnc1C. The first-order valence-corrected chi connectivity index (χ1v) is 6.41. The van der Waals surface area contributed by atoms with E-state index in [0.29, 0.717) is 10.6 Å². The second-order valence-electron chi connectivity index (χ2n) is 3.69. The molecule has 1 heterocycles. The summed E-state index contributed by atoms with van der Waals surface area (Å²) in [5.74, 6) is -0.301. The van der Waals surface area contributed by atoms with Gasteiger partial charge in [-0.05, 0) is 26.1 Å². The highest BCUT2D eigenvalue weighted by atomic mass is 35.5. The van der Waals surface area contributed by atoms with Crippen LogP contribution in [0.5, 0.6) is 0 Å². The van der Waals surface area contributed by atoms with Crippen LogP contribution in [0.25, 0.3) is 0 Å². The number of hydrogen-bond donors (Lipinski definition) is 1. The Balaban J connectivity index is 2.46. The fourth-order valence-corrected chi connectivity index (χ4v) is 2.84. The molecule has 1 unspecified atom stereocenters. The smallest absolute Gasteiger partial charge is 0.129 e. The van der Waals surface area contributed by atoms with Gasteiger partial charge in [0.25, 0.3) is 0 Å². The lowest BCUT2D eigenvalue weighted by Crippen LogP contribution is -2.18. The lowest BCUT2D eigenvalue weighted by atomic mass is 10.0. The van der Waals surface area contributed by atoms with E-state index in [0.717, 1.165) is 10.6 Å². The Morgan fingerprint density at radius 2 is 2.24 bits per heavy atom. The van der Waals surface area contributed by atoms with Crippen LogP contribution >= 0.6 is 22.9 Å². The summed E-state index contributed by atoms with van der Waals surface area (Å²) in [5.41, 5.74) is 3.27. The zero-order valence-electron chi connectivity index (χ0n) is 9.50. The molecule has 5 heteroatoms. The molecule has 0 saturated carbocycles. The molecule has 0 radical (unpaired) electrons. The average molecular weight is 271 g/mol. The van der Waals surface area contributed by atoms with Gasteiger partial charge in [-0.15, -0.1) is 11.3 Å². The van der Waals surface area contributed by atoms with Crippen molar-refractivity contribution >= 4 is 22.9 Å². The summed E-state index contributed by atoms with van der Waals surface area (Å²) in [6.07, 6.45) is 0. The van der Waals surface area contributed by atoms with Crippen LogP contribution < -0.4 is 5.32 Å². The molecule has 0 aliphatic heterocycles. The van der Waals surface area contributed by atoms with Gasteiger partial charge in [-0.25, -0.2) is 9.37 Å². The first kappa shape index (κ1) is 12.5. The molecule has 0 bridgehead atoms. The van der Waals surface area contributed by atoms with Gasteiger partial charge in [0.2, 0.25) is 0 Å². The lowest BCUT2D eigenvalue weighted by molar-refractivity contribution is 0.578. The molecule has 0 saturated heterocycles. The van der Waals surface area contributed by atoms with Crippen molar-refractivity contribution < 1.29 is 4.39 Å². The van der Waals surface area contributed by atoms with E-state index in [1.54, 1.807) is 24.7 Å². The van der Waals surface area contributed by atoms with Crippen molar-refractivity contribution in [2.75, 3.05) is 7.05 Å². The Kier molecular flexibility index (Phi) is 3.76. The molecular weight excluding hydrogens is 259 g/mol. The maximum atomic E-state index is 13.9. The molecule has 90 valence electrons. The molecule has 2 aromatic rings. The Morgan fingerprint density at radius 3 is 2.76 bits per heavy atom. The predicted octanol–water partition coefficient (Wildman–Crippen LogP) is 3.55. The quantitative estimate of drug-likeness (QED) is 0.923. The Morgan fingerprint density at radius 1 is 1.47 bits per heavy atom. The minimum Gasteiger partial charge on any atom is -0.309 e. The molecule has 0 aliphatic carbocycles. The fraction of sp³-hybridized carbons (Fsp3) is 0.250. The molecule has 17 heavy (non-hydrogen) atoms. The van der Waals surface area contributed by atoms with Crippen LogP contribution in [0.1, 0.15) is 22.2 Å². The van der Waals surface area contributed by atoms with Crippen molar-refractivity contribution in [3.05, 3.63) is 50.7 Å². The summed E-state index contributed by atoms with van der Waals surface area (Å²) >= 11 is 7.27. The maximum absolute atomic E-state index is 13.9. The summed E-state index contributed by atoms with van der Waals surface area (Å²) in [7, 11) is 1.80. The van der Waals surface area contributed by atoms with Gasteiger partial charge in [0.1, 0.15) is 5.82 Å². The van der Waals surface area contributed by atoms with E-state index in [9.17, 15) is 4.39 Å². The molecule has 1 aromatic carbocycles.